The van der Waals surface area contributed by atoms with Crippen LogP contribution in [0.1, 0.15) is 13.8 Å². The first-order valence-corrected chi connectivity index (χ1v) is 8.87. The zero-order chi connectivity index (χ0) is 15.8. The van der Waals surface area contributed by atoms with Crippen LogP contribution in [0.15, 0.2) is 29.2 Å². The van der Waals surface area contributed by atoms with Crippen molar-refractivity contribution in [2.24, 2.45) is 5.92 Å². The summed E-state index contributed by atoms with van der Waals surface area (Å²) in [7, 11) is -4.06. The SMILES string of the molecule is CC(C)C1SCC(C(=O)O)N1S(=O)(=O)c1cccc(F)c1. The van der Waals surface area contributed by atoms with Crippen LogP contribution in [0.2, 0.25) is 0 Å². The normalized spacial score (nSPS) is 23.6. The predicted molar refractivity (Wildman–Crippen MR) is 77.9 cm³/mol. The molecular formula is C13H16FNO4S2. The van der Waals surface area contributed by atoms with E-state index in [4.69, 9.17) is 0 Å². The Morgan fingerprint density at radius 2 is 2.14 bits per heavy atom. The Hall–Kier alpha value is -1.12. The quantitative estimate of drug-likeness (QED) is 0.912. The van der Waals surface area contributed by atoms with Crippen molar-refractivity contribution in [1.82, 2.24) is 4.31 Å². The van der Waals surface area contributed by atoms with Crippen molar-refractivity contribution in [3.05, 3.63) is 30.1 Å². The Morgan fingerprint density at radius 1 is 1.48 bits per heavy atom. The molecule has 0 aromatic heterocycles. The molecule has 0 bridgehead atoms. The summed E-state index contributed by atoms with van der Waals surface area (Å²) in [6, 6.07) is 3.50. The first-order chi connectivity index (χ1) is 9.75. The van der Waals surface area contributed by atoms with E-state index in [2.05, 4.69) is 0 Å². The van der Waals surface area contributed by atoms with Gasteiger partial charge in [-0.2, -0.15) is 4.31 Å². The molecule has 0 spiro atoms. The van der Waals surface area contributed by atoms with Crippen LogP contribution < -0.4 is 0 Å². The van der Waals surface area contributed by atoms with Crippen LogP contribution in [0.25, 0.3) is 0 Å². The maximum Gasteiger partial charge on any atom is 0.322 e. The van der Waals surface area contributed by atoms with Crippen LogP contribution in [0.5, 0.6) is 0 Å². The molecule has 1 aliphatic heterocycles. The van der Waals surface area contributed by atoms with Crippen molar-refractivity contribution in [3.8, 4) is 0 Å². The topological polar surface area (TPSA) is 74.7 Å². The number of sulfonamides is 1. The number of carboxylic acid groups (broad SMARTS) is 1. The number of nitrogens with zero attached hydrogens (tertiary/aromatic N) is 1. The van der Waals surface area contributed by atoms with Crippen molar-refractivity contribution in [1.29, 1.82) is 0 Å². The summed E-state index contributed by atoms with van der Waals surface area (Å²) in [5, 5.41) is 8.78. The van der Waals surface area contributed by atoms with Crippen LogP contribution in [-0.2, 0) is 14.8 Å². The highest BCUT2D eigenvalue weighted by Crippen LogP contribution is 2.38. The lowest BCUT2D eigenvalue weighted by atomic mass is 10.2. The molecule has 0 saturated carbocycles. The number of hydrogen-bond acceptors (Lipinski definition) is 4. The molecule has 5 nitrogen and oxygen atoms in total. The van der Waals surface area contributed by atoms with E-state index in [9.17, 15) is 22.7 Å². The van der Waals surface area contributed by atoms with E-state index in [0.717, 1.165) is 16.4 Å². The maximum absolute atomic E-state index is 13.3. The van der Waals surface area contributed by atoms with Gasteiger partial charge in [0.05, 0.1) is 10.3 Å². The van der Waals surface area contributed by atoms with Gasteiger partial charge in [-0.05, 0) is 24.1 Å². The zero-order valence-corrected chi connectivity index (χ0v) is 13.2. The van der Waals surface area contributed by atoms with E-state index in [-0.39, 0.29) is 16.6 Å². The number of hydrogen-bond donors (Lipinski definition) is 1. The maximum atomic E-state index is 13.3. The molecule has 21 heavy (non-hydrogen) atoms. The molecule has 1 aromatic rings. The molecule has 2 unspecified atom stereocenters. The summed E-state index contributed by atoms with van der Waals surface area (Å²) in [4.78, 5) is 11.1. The molecule has 1 N–H and O–H groups in total. The third-order valence-corrected chi connectivity index (χ3v) is 6.85. The minimum atomic E-state index is -4.06. The summed E-state index contributed by atoms with van der Waals surface area (Å²) in [6.45, 7) is 3.66. The Labute approximate surface area is 127 Å². The van der Waals surface area contributed by atoms with Gasteiger partial charge in [-0.25, -0.2) is 12.8 Å². The minimum absolute atomic E-state index is 0.0531. The number of carbonyl (C=O) groups is 1. The van der Waals surface area contributed by atoms with E-state index in [0.29, 0.717) is 0 Å². The van der Waals surface area contributed by atoms with Crippen LogP contribution in [-0.4, -0.2) is 41.0 Å². The van der Waals surface area contributed by atoms with Gasteiger partial charge in [-0.3, -0.25) is 4.79 Å². The first kappa shape index (κ1) is 16.3. The minimum Gasteiger partial charge on any atom is -0.480 e. The summed E-state index contributed by atoms with van der Waals surface area (Å²) in [5.41, 5.74) is 0. The lowest BCUT2D eigenvalue weighted by Gasteiger charge is -2.28. The van der Waals surface area contributed by atoms with Gasteiger partial charge >= 0.3 is 5.97 Å². The molecule has 1 heterocycles. The molecule has 1 fully saturated rings. The number of thioether (sulfide) groups is 1. The van der Waals surface area contributed by atoms with Crippen LogP contribution in [0.3, 0.4) is 0 Å². The van der Waals surface area contributed by atoms with E-state index < -0.39 is 33.2 Å². The van der Waals surface area contributed by atoms with Crippen molar-refractivity contribution < 1.29 is 22.7 Å². The fraction of sp³-hybridized carbons (Fsp3) is 0.462. The largest absolute Gasteiger partial charge is 0.480 e. The smallest absolute Gasteiger partial charge is 0.322 e. The van der Waals surface area contributed by atoms with Crippen LogP contribution >= 0.6 is 11.8 Å². The van der Waals surface area contributed by atoms with E-state index >= 15 is 0 Å². The van der Waals surface area contributed by atoms with Gasteiger partial charge in [0.1, 0.15) is 11.9 Å². The molecule has 2 rings (SSSR count). The standard InChI is InChI=1S/C13H16FNO4S2/c1-8(2)12-15(11(7-20-12)13(16)17)21(18,19)10-5-3-4-9(14)6-10/h3-6,8,11-12H,7H2,1-2H3,(H,16,17). The van der Waals surface area contributed by atoms with Crippen molar-refractivity contribution in [3.63, 3.8) is 0 Å². The summed E-state index contributed by atoms with van der Waals surface area (Å²) in [5.74, 6) is -1.73. The second-order valence-electron chi connectivity index (χ2n) is 5.11. The number of rotatable bonds is 4. The summed E-state index contributed by atoms with van der Waals surface area (Å²) >= 11 is 1.29. The Bertz CT molecular complexity index is 647. The van der Waals surface area contributed by atoms with Gasteiger partial charge in [0.25, 0.3) is 0 Å². The van der Waals surface area contributed by atoms with Gasteiger partial charge < -0.3 is 5.11 Å². The highest BCUT2D eigenvalue weighted by atomic mass is 32.2. The van der Waals surface area contributed by atoms with E-state index in [1.165, 1.54) is 23.9 Å². The molecule has 0 aliphatic carbocycles. The van der Waals surface area contributed by atoms with E-state index in [1.54, 1.807) is 0 Å². The fourth-order valence-corrected chi connectivity index (χ4v) is 5.98. The third kappa shape index (κ3) is 3.07. The highest BCUT2D eigenvalue weighted by molar-refractivity contribution is 8.01. The second-order valence-corrected chi connectivity index (χ2v) is 8.11. The van der Waals surface area contributed by atoms with Crippen molar-refractivity contribution in [2.75, 3.05) is 5.75 Å². The second kappa shape index (κ2) is 5.94. The number of carboxylic acids is 1. The van der Waals surface area contributed by atoms with Gasteiger partial charge in [0.2, 0.25) is 10.0 Å². The highest BCUT2D eigenvalue weighted by Gasteiger charge is 2.47. The summed E-state index contributed by atoms with van der Waals surface area (Å²) in [6.07, 6.45) is 0. The first-order valence-electron chi connectivity index (χ1n) is 6.38. The molecule has 1 aliphatic rings. The average molecular weight is 333 g/mol. The van der Waals surface area contributed by atoms with Crippen LogP contribution in [0.4, 0.5) is 4.39 Å². The number of aliphatic carboxylic acids is 1. The lowest BCUT2D eigenvalue weighted by Crippen LogP contribution is -2.46. The van der Waals surface area contributed by atoms with Gasteiger partial charge in [-0.15, -0.1) is 11.8 Å². The van der Waals surface area contributed by atoms with E-state index in [1.807, 2.05) is 13.8 Å². The molecule has 0 radical (unpaired) electrons. The Balaban J connectivity index is 2.50. The van der Waals surface area contributed by atoms with Gasteiger partial charge in [-0.1, -0.05) is 19.9 Å². The van der Waals surface area contributed by atoms with Crippen molar-refractivity contribution in [2.45, 2.75) is 30.2 Å². The average Bonchev–Trinajstić information content (AvgIpc) is 2.84. The molecule has 0 amide bonds. The predicted octanol–water partition coefficient (Wildman–Crippen LogP) is 2.00. The van der Waals surface area contributed by atoms with Gasteiger partial charge in [0.15, 0.2) is 0 Å². The van der Waals surface area contributed by atoms with Crippen molar-refractivity contribution >= 4 is 27.8 Å². The number of halogens is 1. The molecule has 1 aromatic carbocycles. The molecule has 116 valence electrons. The molecular weight excluding hydrogens is 317 g/mol. The third-order valence-electron chi connectivity index (χ3n) is 3.21. The summed E-state index contributed by atoms with van der Waals surface area (Å²) < 4.78 is 39.7. The Kier molecular flexibility index (Phi) is 4.60. The molecule has 2 atom stereocenters. The fourth-order valence-electron chi connectivity index (χ4n) is 2.23. The monoisotopic (exact) mass is 333 g/mol. The Morgan fingerprint density at radius 3 is 2.67 bits per heavy atom. The zero-order valence-electron chi connectivity index (χ0n) is 11.6. The lowest BCUT2D eigenvalue weighted by molar-refractivity contribution is -0.140. The number of benzene rings is 1. The molecule has 1 saturated heterocycles. The van der Waals surface area contributed by atoms with Crippen LogP contribution in [0, 0.1) is 11.7 Å². The van der Waals surface area contributed by atoms with Gasteiger partial charge in [0, 0.05) is 5.75 Å². The molecule has 8 heteroatoms.